The Morgan fingerprint density at radius 1 is 1.32 bits per heavy atom. The molecule has 6 nitrogen and oxygen atoms in total. The highest BCUT2D eigenvalue weighted by atomic mass is 35.5. The van der Waals surface area contributed by atoms with Gasteiger partial charge in [0.25, 0.3) is 5.91 Å². The van der Waals surface area contributed by atoms with Crippen molar-refractivity contribution in [1.29, 1.82) is 0 Å². The van der Waals surface area contributed by atoms with Gasteiger partial charge in [0.15, 0.2) is 0 Å². The molecule has 112 valence electrons. The SMILES string of the molecule is Cc1cc(NC(=O)c2cnc(-c3cnn(C)c3)s2)cnc1Cl. The normalized spacial score (nSPS) is 10.7. The maximum absolute atomic E-state index is 12.2. The summed E-state index contributed by atoms with van der Waals surface area (Å²) in [5.74, 6) is -0.226. The van der Waals surface area contributed by atoms with Crippen LogP contribution in [0.3, 0.4) is 0 Å². The highest BCUT2D eigenvalue weighted by molar-refractivity contribution is 7.17. The molecule has 0 aliphatic rings. The molecule has 0 unspecified atom stereocenters. The number of hydrogen-bond acceptors (Lipinski definition) is 5. The van der Waals surface area contributed by atoms with Crippen LogP contribution in [0.4, 0.5) is 5.69 Å². The number of hydrogen-bond donors (Lipinski definition) is 1. The number of aromatic nitrogens is 4. The fourth-order valence-electron chi connectivity index (χ4n) is 1.86. The first-order chi connectivity index (χ1) is 10.5. The number of anilines is 1. The van der Waals surface area contributed by atoms with Gasteiger partial charge >= 0.3 is 0 Å². The van der Waals surface area contributed by atoms with Crippen LogP contribution in [0.2, 0.25) is 5.15 Å². The number of aryl methyl sites for hydroxylation is 2. The molecular weight excluding hydrogens is 322 g/mol. The van der Waals surface area contributed by atoms with Crippen molar-refractivity contribution in [2.24, 2.45) is 7.05 Å². The molecule has 8 heteroatoms. The van der Waals surface area contributed by atoms with E-state index in [4.69, 9.17) is 11.6 Å². The average Bonchev–Trinajstić information content (AvgIpc) is 3.11. The summed E-state index contributed by atoms with van der Waals surface area (Å²) < 4.78 is 1.69. The molecule has 3 aromatic heterocycles. The third-order valence-electron chi connectivity index (χ3n) is 2.95. The topological polar surface area (TPSA) is 72.7 Å². The lowest BCUT2D eigenvalue weighted by Gasteiger charge is -2.04. The van der Waals surface area contributed by atoms with Crippen LogP contribution in [0.25, 0.3) is 10.6 Å². The van der Waals surface area contributed by atoms with E-state index in [1.165, 1.54) is 17.5 Å². The predicted molar refractivity (Wildman–Crippen MR) is 86.3 cm³/mol. The second kappa shape index (κ2) is 5.86. The minimum Gasteiger partial charge on any atom is -0.320 e. The summed E-state index contributed by atoms with van der Waals surface area (Å²) in [5, 5.41) is 8.06. The van der Waals surface area contributed by atoms with E-state index in [-0.39, 0.29) is 5.91 Å². The molecule has 3 rings (SSSR count). The lowest BCUT2D eigenvalue weighted by Crippen LogP contribution is -2.10. The van der Waals surface area contributed by atoms with E-state index in [9.17, 15) is 4.79 Å². The predicted octanol–water partition coefficient (Wildman–Crippen LogP) is 3.15. The minimum atomic E-state index is -0.226. The number of nitrogens with zero attached hydrogens (tertiary/aromatic N) is 4. The van der Waals surface area contributed by atoms with E-state index in [0.29, 0.717) is 15.7 Å². The Morgan fingerprint density at radius 3 is 2.82 bits per heavy atom. The summed E-state index contributed by atoms with van der Waals surface area (Å²) in [6.45, 7) is 1.83. The number of halogens is 1. The Balaban J connectivity index is 1.78. The highest BCUT2D eigenvalue weighted by Crippen LogP contribution is 2.25. The molecule has 0 aliphatic carbocycles. The Kier molecular flexibility index (Phi) is 3.91. The van der Waals surface area contributed by atoms with Gasteiger partial charge < -0.3 is 5.32 Å². The summed E-state index contributed by atoms with van der Waals surface area (Å²) in [7, 11) is 1.83. The Bertz CT molecular complexity index is 841. The third kappa shape index (κ3) is 3.00. The first-order valence-electron chi connectivity index (χ1n) is 6.41. The molecule has 3 aromatic rings. The van der Waals surface area contributed by atoms with Crippen LogP contribution >= 0.6 is 22.9 Å². The zero-order valence-electron chi connectivity index (χ0n) is 11.9. The fourth-order valence-corrected chi connectivity index (χ4v) is 2.75. The number of carbonyl (C=O) groups excluding carboxylic acids is 1. The summed E-state index contributed by atoms with van der Waals surface area (Å²) in [5.41, 5.74) is 2.29. The minimum absolute atomic E-state index is 0.226. The van der Waals surface area contributed by atoms with Crippen LogP contribution in [0.15, 0.2) is 30.9 Å². The molecule has 0 aromatic carbocycles. The molecule has 0 atom stereocenters. The molecule has 0 saturated heterocycles. The first-order valence-corrected chi connectivity index (χ1v) is 7.61. The van der Waals surface area contributed by atoms with Crippen molar-refractivity contribution in [3.63, 3.8) is 0 Å². The van der Waals surface area contributed by atoms with Crippen LogP contribution in [-0.4, -0.2) is 25.7 Å². The van der Waals surface area contributed by atoms with Gasteiger partial charge in [0.05, 0.1) is 24.3 Å². The summed E-state index contributed by atoms with van der Waals surface area (Å²) >= 11 is 7.18. The molecule has 0 fully saturated rings. The standard InChI is InChI=1S/C14H12ClN5OS/c1-8-3-10(5-16-12(8)15)19-13(21)11-6-17-14(22-11)9-4-18-20(2)7-9/h3-7H,1-2H3,(H,19,21). The van der Waals surface area contributed by atoms with E-state index in [1.54, 1.807) is 23.1 Å². The van der Waals surface area contributed by atoms with Gasteiger partial charge in [-0.25, -0.2) is 9.97 Å². The Morgan fingerprint density at radius 2 is 2.14 bits per heavy atom. The smallest absolute Gasteiger partial charge is 0.267 e. The van der Waals surface area contributed by atoms with E-state index in [0.717, 1.165) is 16.1 Å². The lowest BCUT2D eigenvalue weighted by molar-refractivity contribution is 0.103. The largest absolute Gasteiger partial charge is 0.320 e. The second-order valence-electron chi connectivity index (χ2n) is 4.72. The van der Waals surface area contributed by atoms with Gasteiger partial charge in [-0.3, -0.25) is 9.48 Å². The van der Waals surface area contributed by atoms with Gasteiger partial charge in [0.1, 0.15) is 15.0 Å². The lowest BCUT2D eigenvalue weighted by atomic mass is 10.3. The number of nitrogens with one attached hydrogen (secondary N) is 1. The molecule has 0 saturated carbocycles. The van der Waals surface area contributed by atoms with Gasteiger partial charge in [0, 0.05) is 18.8 Å². The maximum Gasteiger partial charge on any atom is 0.267 e. The number of pyridine rings is 1. The van der Waals surface area contributed by atoms with Gasteiger partial charge in [-0.05, 0) is 18.6 Å². The van der Waals surface area contributed by atoms with Crippen LogP contribution in [-0.2, 0) is 7.05 Å². The van der Waals surface area contributed by atoms with E-state index in [1.807, 2.05) is 20.2 Å². The van der Waals surface area contributed by atoms with Gasteiger partial charge in [0.2, 0.25) is 0 Å². The van der Waals surface area contributed by atoms with Crippen molar-refractivity contribution >= 4 is 34.5 Å². The molecule has 1 N–H and O–H groups in total. The molecule has 22 heavy (non-hydrogen) atoms. The van der Waals surface area contributed by atoms with Crippen molar-refractivity contribution < 1.29 is 4.79 Å². The number of rotatable bonds is 3. The number of amides is 1. The molecule has 0 bridgehead atoms. The Hall–Kier alpha value is -2.25. The summed E-state index contributed by atoms with van der Waals surface area (Å²) in [4.78, 5) is 21.0. The van der Waals surface area contributed by atoms with Gasteiger partial charge in [-0.2, -0.15) is 5.10 Å². The Labute approximate surface area is 135 Å². The monoisotopic (exact) mass is 333 g/mol. The first kappa shape index (κ1) is 14.7. The van der Waals surface area contributed by atoms with Gasteiger partial charge in [-0.15, -0.1) is 11.3 Å². The van der Waals surface area contributed by atoms with Crippen LogP contribution < -0.4 is 5.32 Å². The molecular formula is C14H12ClN5OS. The molecule has 0 aliphatic heterocycles. The zero-order chi connectivity index (χ0) is 15.7. The van der Waals surface area contributed by atoms with Crippen LogP contribution in [0.5, 0.6) is 0 Å². The third-order valence-corrected chi connectivity index (χ3v) is 4.39. The maximum atomic E-state index is 12.2. The molecule has 0 radical (unpaired) electrons. The van der Waals surface area contributed by atoms with Crippen molar-refractivity contribution in [1.82, 2.24) is 19.7 Å². The fraction of sp³-hybridized carbons (Fsp3) is 0.143. The number of thiazole rings is 1. The summed E-state index contributed by atoms with van der Waals surface area (Å²) in [6, 6.07) is 1.77. The summed E-state index contributed by atoms with van der Waals surface area (Å²) in [6.07, 6.45) is 6.65. The average molecular weight is 334 g/mol. The number of carbonyl (C=O) groups is 1. The van der Waals surface area contributed by atoms with Crippen molar-refractivity contribution in [3.05, 3.63) is 46.4 Å². The highest BCUT2D eigenvalue weighted by Gasteiger charge is 2.13. The second-order valence-corrected chi connectivity index (χ2v) is 6.11. The van der Waals surface area contributed by atoms with Gasteiger partial charge in [-0.1, -0.05) is 11.6 Å². The molecule has 0 spiro atoms. The van der Waals surface area contributed by atoms with E-state index in [2.05, 4.69) is 20.4 Å². The van der Waals surface area contributed by atoms with E-state index < -0.39 is 0 Å². The quantitative estimate of drug-likeness (QED) is 0.747. The van der Waals surface area contributed by atoms with Crippen LogP contribution in [0.1, 0.15) is 15.2 Å². The van der Waals surface area contributed by atoms with Crippen LogP contribution in [0, 0.1) is 6.92 Å². The van der Waals surface area contributed by atoms with E-state index >= 15 is 0 Å². The molecule has 1 amide bonds. The zero-order valence-corrected chi connectivity index (χ0v) is 13.4. The van der Waals surface area contributed by atoms with Crippen molar-refractivity contribution in [2.45, 2.75) is 6.92 Å². The molecule has 3 heterocycles. The van der Waals surface area contributed by atoms with Crippen molar-refractivity contribution in [2.75, 3.05) is 5.32 Å². The van der Waals surface area contributed by atoms with Crippen molar-refractivity contribution in [3.8, 4) is 10.6 Å².